The first-order chi connectivity index (χ1) is 14.5. The lowest BCUT2D eigenvalue weighted by atomic mass is 9.82. The van der Waals surface area contributed by atoms with E-state index in [4.69, 9.17) is 33.2 Å². The monoisotopic (exact) mass is 424 g/mol. The number of ether oxygens (including phenoxy) is 7. The Bertz CT molecular complexity index is 591. The van der Waals surface area contributed by atoms with Crippen molar-refractivity contribution >= 4 is 0 Å². The van der Waals surface area contributed by atoms with Gasteiger partial charge in [0.25, 0.3) is 0 Å². The first kappa shape index (κ1) is 20.3. The lowest BCUT2D eigenvalue weighted by Gasteiger charge is -2.26. The van der Waals surface area contributed by atoms with E-state index in [1.807, 2.05) is 0 Å². The molecule has 6 rings (SSSR count). The van der Waals surface area contributed by atoms with Gasteiger partial charge in [-0.2, -0.15) is 0 Å². The normalized spacial score (nSPS) is 54.6. The highest BCUT2D eigenvalue weighted by Crippen LogP contribution is 2.51. The predicted octanol–water partition coefficient (Wildman–Crippen LogP) is 2.79. The van der Waals surface area contributed by atoms with E-state index in [-0.39, 0.29) is 36.0 Å². The van der Waals surface area contributed by atoms with Crippen molar-refractivity contribution < 1.29 is 33.2 Å². The van der Waals surface area contributed by atoms with Crippen molar-refractivity contribution in [2.75, 3.05) is 26.4 Å². The highest BCUT2D eigenvalue weighted by molar-refractivity contribution is 5.05. The summed E-state index contributed by atoms with van der Waals surface area (Å²) in [6.45, 7) is 6.98. The van der Waals surface area contributed by atoms with Gasteiger partial charge >= 0.3 is 0 Å². The maximum atomic E-state index is 6.17. The Balaban J connectivity index is 0.860. The third-order valence-electron chi connectivity index (χ3n) is 8.33. The second kappa shape index (κ2) is 7.65. The molecule has 6 fully saturated rings. The zero-order chi connectivity index (χ0) is 20.3. The number of fused-ring (bicyclic) bond motifs is 2. The zero-order valence-electron chi connectivity index (χ0n) is 18.3. The molecule has 170 valence electrons. The fourth-order valence-electron chi connectivity index (χ4n) is 5.94. The standard InChI is InChI=1S/C23H36O7/c1-22-6-3-14(9-18(22)29-22)20-25-12-16(27-20)5-8-24-11-17-13-26-21(28-17)15-4-7-23(2)19(10-15)30-23/h14-21H,3-13H2,1-2H3. The van der Waals surface area contributed by atoms with Gasteiger partial charge < -0.3 is 33.2 Å². The topological polar surface area (TPSA) is 71.2 Å². The van der Waals surface area contributed by atoms with Crippen LogP contribution in [0, 0.1) is 11.8 Å². The van der Waals surface area contributed by atoms with E-state index in [1.54, 1.807) is 0 Å². The van der Waals surface area contributed by atoms with Gasteiger partial charge in [-0.3, -0.25) is 0 Å². The summed E-state index contributed by atoms with van der Waals surface area (Å²) in [5.41, 5.74) is 0.294. The van der Waals surface area contributed by atoms with Crippen molar-refractivity contribution in [3.8, 4) is 0 Å². The molecule has 7 nitrogen and oxygen atoms in total. The van der Waals surface area contributed by atoms with Crippen molar-refractivity contribution in [3.63, 3.8) is 0 Å². The predicted molar refractivity (Wildman–Crippen MR) is 106 cm³/mol. The Morgan fingerprint density at radius 1 is 0.800 bits per heavy atom. The van der Waals surface area contributed by atoms with Gasteiger partial charge in [0, 0.05) is 18.4 Å². The fourth-order valence-corrected chi connectivity index (χ4v) is 5.94. The molecule has 2 saturated carbocycles. The number of hydrogen-bond donors (Lipinski definition) is 0. The minimum absolute atomic E-state index is 0.0343. The van der Waals surface area contributed by atoms with Gasteiger partial charge in [-0.1, -0.05) is 0 Å². The molecule has 4 heterocycles. The van der Waals surface area contributed by atoms with Crippen LogP contribution in [0.4, 0.5) is 0 Å². The molecule has 6 aliphatic rings. The summed E-state index contributed by atoms with van der Waals surface area (Å²) >= 11 is 0. The second-order valence-corrected chi connectivity index (χ2v) is 10.7. The Kier molecular flexibility index (Phi) is 5.18. The quantitative estimate of drug-likeness (QED) is 0.460. The summed E-state index contributed by atoms with van der Waals surface area (Å²) < 4.78 is 41.7. The van der Waals surface area contributed by atoms with Gasteiger partial charge in [0.05, 0.1) is 49.3 Å². The van der Waals surface area contributed by atoms with E-state index in [1.165, 1.54) is 0 Å². The van der Waals surface area contributed by atoms with Crippen molar-refractivity contribution in [3.05, 3.63) is 0 Å². The van der Waals surface area contributed by atoms with E-state index < -0.39 is 0 Å². The Hall–Kier alpha value is -0.280. The van der Waals surface area contributed by atoms with Crippen LogP contribution in [0.3, 0.4) is 0 Å². The van der Waals surface area contributed by atoms with Gasteiger partial charge in [-0.05, 0) is 58.8 Å². The number of rotatable bonds is 7. The van der Waals surface area contributed by atoms with Gasteiger partial charge in [0.1, 0.15) is 6.10 Å². The van der Waals surface area contributed by atoms with Crippen LogP contribution >= 0.6 is 0 Å². The molecule has 4 saturated heterocycles. The van der Waals surface area contributed by atoms with Crippen LogP contribution in [0.2, 0.25) is 0 Å². The first-order valence-electron chi connectivity index (χ1n) is 12.0. The molecule has 0 bridgehead atoms. The fraction of sp³-hybridized carbons (Fsp3) is 1.00. The molecule has 0 amide bonds. The van der Waals surface area contributed by atoms with E-state index in [9.17, 15) is 0 Å². The maximum Gasteiger partial charge on any atom is 0.161 e. The van der Waals surface area contributed by atoms with Crippen LogP contribution in [-0.2, 0) is 33.2 Å². The molecule has 10 atom stereocenters. The van der Waals surface area contributed by atoms with Crippen LogP contribution in [0.15, 0.2) is 0 Å². The highest BCUT2D eigenvalue weighted by atomic mass is 16.7. The Morgan fingerprint density at radius 3 is 1.97 bits per heavy atom. The van der Waals surface area contributed by atoms with Gasteiger partial charge in [-0.25, -0.2) is 0 Å². The van der Waals surface area contributed by atoms with E-state index in [0.29, 0.717) is 50.5 Å². The van der Waals surface area contributed by atoms with Crippen LogP contribution in [-0.4, -0.2) is 74.6 Å². The van der Waals surface area contributed by atoms with E-state index in [0.717, 1.165) is 44.9 Å². The molecular weight excluding hydrogens is 388 g/mol. The van der Waals surface area contributed by atoms with E-state index in [2.05, 4.69) is 13.8 Å². The molecule has 0 spiro atoms. The molecule has 0 radical (unpaired) electrons. The molecule has 7 heteroatoms. The zero-order valence-corrected chi connectivity index (χ0v) is 18.3. The second-order valence-electron chi connectivity index (χ2n) is 10.7. The smallest absolute Gasteiger partial charge is 0.161 e. The van der Waals surface area contributed by atoms with Gasteiger partial charge in [-0.15, -0.1) is 0 Å². The Labute approximate surface area is 179 Å². The van der Waals surface area contributed by atoms with Crippen LogP contribution in [0.1, 0.15) is 58.8 Å². The lowest BCUT2D eigenvalue weighted by Crippen LogP contribution is -2.31. The molecule has 0 N–H and O–H groups in total. The summed E-state index contributed by atoms with van der Waals surface area (Å²) in [6.07, 6.45) is 8.31. The molecule has 4 aliphatic heterocycles. The number of hydrogen-bond acceptors (Lipinski definition) is 7. The molecule has 0 aromatic rings. The van der Waals surface area contributed by atoms with Crippen molar-refractivity contribution in [1.29, 1.82) is 0 Å². The van der Waals surface area contributed by atoms with Crippen molar-refractivity contribution in [2.45, 2.75) is 107 Å². The number of epoxide rings is 2. The third kappa shape index (κ3) is 3.96. The molecule has 0 aromatic heterocycles. The summed E-state index contributed by atoms with van der Waals surface area (Å²) in [5, 5.41) is 0. The van der Waals surface area contributed by atoms with Gasteiger partial charge in [0.15, 0.2) is 12.6 Å². The van der Waals surface area contributed by atoms with Crippen LogP contribution < -0.4 is 0 Å². The largest absolute Gasteiger partial charge is 0.379 e. The molecule has 0 aromatic carbocycles. The van der Waals surface area contributed by atoms with Crippen LogP contribution in [0.5, 0.6) is 0 Å². The van der Waals surface area contributed by atoms with Crippen molar-refractivity contribution in [2.24, 2.45) is 11.8 Å². The molecule has 30 heavy (non-hydrogen) atoms. The first-order valence-corrected chi connectivity index (χ1v) is 12.0. The molecular formula is C23H36O7. The van der Waals surface area contributed by atoms with Crippen molar-refractivity contribution in [1.82, 2.24) is 0 Å². The SMILES string of the molecule is CC12CCC(C3OCC(CCOCC4COC(C5CCC6(C)OC6C5)O4)O3)CC1O2. The summed E-state index contributed by atoms with van der Waals surface area (Å²) in [7, 11) is 0. The Morgan fingerprint density at radius 2 is 1.37 bits per heavy atom. The average molecular weight is 425 g/mol. The highest BCUT2D eigenvalue weighted by Gasteiger charge is 2.57. The average Bonchev–Trinajstić information content (AvgIpc) is 3.39. The minimum Gasteiger partial charge on any atom is -0.379 e. The van der Waals surface area contributed by atoms with Gasteiger partial charge in [0.2, 0.25) is 0 Å². The summed E-state index contributed by atoms with van der Waals surface area (Å²) in [6, 6.07) is 0. The third-order valence-corrected chi connectivity index (χ3v) is 8.33. The lowest BCUT2D eigenvalue weighted by molar-refractivity contribution is -0.115. The van der Waals surface area contributed by atoms with Crippen LogP contribution in [0.25, 0.3) is 0 Å². The summed E-state index contributed by atoms with van der Waals surface area (Å²) in [4.78, 5) is 0. The van der Waals surface area contributed by atoms with E-state index >= 15 is 0 Å². The minimum atomic E-state index is -0.0903. The molecule has 2 aliphatic carbocycles. The molecule has 10 unspecified atom stereocenters. The summed E-state index contributed by atoms with van der Waals surface area (Å²) in [5.74, 6) is 0.923. The maximum absolute atomic E-state index is 6.17.